The lowest BCUT2D eigenvalue weighted by Crippen LogP contribution is -2.38. The van der Waals surface area contributed by atoms with Crippen molar-refractivity contribution in [3.8, 4) is 0 Å². The molecule has 6 heteroatoms. The van der Waals surface area contributed by atoms with E-state index in [4.69, 9.17) is 0 Å². The third-order valence-corrected chi connectivity index (χ3v) is 8.42. The molecule has 0 aliphatic carbocycles. The van der Waals surface area contributed by atoms with E-state index in [9.17, 15) is 9.59 Å². The van der Waals surface area contributed by atoms with Crippen molar-refractivity contribution in [2.24, 2.45) is 5.92 Å². The zero-order valence-corrected chi connectivity index (χ0v) is 19.4. The maximum Gasteiger partial charge on any atom is 0.255 e. The largest absolute Gasteiger partial charge is 0.334 e. The van der Waals surface area contributed by atoms with Gasteiger partial charge in [0.15, 0.2) is 0 Å². The molecule has 0 radical (unpaired) electrons. The van der Waals surface area contributed by atoms with Crippen molar-refractivity contribution in [1.29, 1.82) is 0 Å². The van der Waals surface area contributed by atoms with Gasteiger partial charge in [-0.3, -0.25) is 9.59 Å². The smallest absolute Gasteiger partial charge is 0.255 e. The van der Waals surface area contributed by atoms with Gasteiger partial charge in [0.1, 0.15) is 0 Å². The molecule has 2 aromatic heterocycles. The summed E-state index contributed by atoms with van der Waals surface area (Å²) in [6.45, 7) is 11.5. The topological polar surface area (TPSA) is 65.2 Å². The SMILES string of the molecule is CCC(c1sc2c(c1C)C(=O)N(Cc1c(C)cc(C)[nH]c1=O)CC2)C1CCNCC1. The van der Waals surface area contributed by atoms with Gasteiger partial charge in [0.25, 0.3) is 11.5 Å². The number of nitrogens with zero attached hydrogens (tertiary/aromatic N) is 1. The van der Waals surface area contributed by atoms with Crippen molar-refractivity contribution >= 4 is 17.2 Å². The second kappa shape index (κ2) is 8.67. The number of aryl methyl sites for hydroxylation is 2. The minimum Gasteiger partial charge on any atom is -0.334 e. The van der Waals surface area contributed by atoms with Crippen molar-refractivity contribution in [3.63, 3.8) is 0 Å². The monoisotopic (exact) mass is 427 g/mol. The molecule has 0 aromatic carbocycles. The summed E-state index contributed by atoms with van der Waals surface area (Å²) >= 11 is 1.87. The van der Waals surface area contributed by atoms with Crippen molar-refractivity contribution in [2.45, 2.75) is 65.8 Å². The second-order valence-corrected chi connectivity index (χ2v) is 10.0. The second-order valence-electron chi connectivity index (χ2n) is 8.91. The highest BCUT2D eigenvalue weighted by Gasteiger charge is 2.34. The van der Waals surface area contributed by atoms with Crippen LogP contribution < -0.4 is 10.9 Å². The summed E-state index contributed by atoms with van der Waals surface area (Å²) in [5, 5.41) is 3.47. The van der Waals surface area contributed by atoms with E-state index >= 15 is 0 Å². The van der Waals surface area contributed by atoms with Gasteiger partial charge in [-0.2, -0.15) is 0 Å². The Morgan fingerprint density at radius 1 is 1.20 bits per heavy atom. The molecule has 4 heterocycles. The third kappa shape index (κ3) is 3.87. The number of carbonyl (C=O) groups excluding carboxylic acids is 1. The Morgan fingerprint density at radius 2 is 1.93 bits per heavy atom. The van der Waals surface area contributed by atoms with Gasteiger partial charge in [-0.05, 0) is 82.2 Å². The molecule has 5 nitrogen and oxygen atoms in total. The molecule has 30 heavy (non-hydrogen) atoms. The van der Waals surface area contributed by atoms with Crippen LogP contribution in [0.3, 0.4) is 0 Å². The molecular formula is C24H33N3O2S. The van der Waals surface area contributed by atoms with Gasteiger partial charge in [-0.25, -0.2) is 0 Å². The summed E-state index contributed by atoms with van der Waals surface area (Å²) in [5.74, 6) is 1.34. The van der Waals surface area contributed by atoms with Crippen LogP contribution in [0.1, 0.15) is 74.6 Å². The van der Waals surface area contributed by atoms with Crippen molar-refractivity contribution in [1.82, 2.24) is 15.2 Å². The van der Waals surface area contributed by atoms with E-state index in [2.05, 4.69) is 24.1 Å². The van der Waals surface area contributed by atoms with Crippen LogP contribution in [0, 0.1) is 26.7 Å². The van der Waals surface area contributed by atoms with E-state index in [0.717, 1.165) is 42.8 Å². The molecule has 1 saturated heterocycles. The van der Waals surface area contributed by atoms with Crippen LogP contribution in [0.5, 0.6) is 0 Å². The lowest BCUT2D eigenvalue weighted by Gasteiger charge is -2.30. The highest BCUT2D eigenvalue weighted by atomic mass is 32.1. The Kier molecular flexibility index (Phi) is 6.16. The van der Waals surface area contributed by atoms with Crippen LogP contribution >= 0.6 is 11.3 Å². The van der Waals surface area contributed by atoms with E-state index in [1.165, 1.54) is 28.2 Å². The van der Waals surface area contributed by atoms with Crippen LogP contribution in [-0.2, 0) is 13.0 Å². The van der Waals surface area contributed by atoms with Gasteiger partial charge in [0.2, 0.25) is 0 Å². The highest BCUT2D eigenvalue weighted by molar-refractivity contribution is 7.12. The lowest BCUT2D eigenvalue weighted by atomic mass is 9.81. The van der Waals surface area contributed by atoms with Crippen LogP contribution in [0.15, 0.2) is 10.9 Å². The summed E-state index contributed by atoms with van der Waals surface area (Å²) < 4.78 is 0. The maximum atomic E-state index is 13.4. The number of fused-ring (bicyclic) bond motifs is 1. The number of carbonyl (C=O) groups is 1. The Bertz CT molecular complexity index is 1000. The summed E-state index contributed by atoms with van der Waals surface area (Å²) in [5.41, 5.74) is 4.53. The first-order valence-corrected chi connectivity index (χ1v) is 12.0. The molecule has 2 aliphatic rings. The van der Waals surface area contributed by atoms with Gasteiger partial charge in [-0.15, -0.1) is 11.3 Å². The number of amides is 1. The van der Waals surface area contributed by atoms with Gasteiger partial charge >= 0.3 is 0 Å². The lowest BCUT2D eigenvalue weighted by molar-refractivity contribution is 0.0727. The fourth-order valence-corrected chi connectivity index (χ4v) is 6.86. The number of piperidine rings is 1. The van der Waals surface area contributed by atoms with Crippen molar-refractivity contribution in [2.75, 3.05) is 19.6 Å². The Hall–Kier alpha value is -1.92. The minimum atomic E-state index is -0.0780. The minimum absolute atomic E-state index is 0.0780. The molecule has 2 N–H and O–H groups in total. The van der Waals surface area contributed by atoms with Crippen molar-refractivity contribution in [3.05, 3.63) is 54.1 Å². The number of pyridine rings is 1. The van der Waals surface area contributed by atoms with E-state index < -0.39 is 0 Å². The van der Waals surface area contributed by atoms with Gasteiger partial charge in [0.05, 0.1) is 12.1 Å². The Balaban J connectivity index is 1.61. The van der Waals surface area contributed by atoms with E-state index in [1.807, 2.05) is 36.2 Å². The average Bonchev–Trinajstić information content (AvgIpc) is 3.05. The van der Waals surface area contributed by atoms with E-state index in [1.54, 1.807) is 0 Å². The molecule has 1 unspecified atom stereocenters. The number of hydrogen-bond acceptors (Lipinski definition) is 4. The normalized spacial score (nSPS) is 18.5. The molecule has 1 fully saturated rings. The Morgan fingerprint density at radius 3 is 2.60 bits per heavy atom. The van der Waals surface area contributed by atoms with Gasteiger partial charge < -0.3 is 15.2 Å². The third-order valence-electron chi connectivity index (χ3n) is 6.94. The average molecular weight is 428 g/mol. The van der Waals surface area contributed by atoms with E-state index in [-0.39, 0.29) is 11.5 Å². The van der Waals surface area contributed by atoms with Crippen LogP contribution in [0.4, 0.5) is 0 Å². The predicted octanol–water partition coefficient (Wildman–Crippen LogP) is 4.05. The first kappa shape index (κ1) is 21.3. The summed E-state index contributed by atoms with van der Waals surface area (Å²) in [4.78, 5) is 33.3. The van der Waals surface area contributed by atoms with Gasteiger partial charge in [0, 0.05) is 34.0 Å². The van der Waals surface area contributed by atoms with E-state index in [0.29, 0.717) is 30.5 Å². The summed E-state index contributed by atoms with van der Waals surface area (Å²) in [6, 6.07) is 1.98. The first-order valence-electron chi connectivity index (χ1n) is 11.2. The number of hydrogen-bond donors (Lipinski definition) is 2. The first-order chi connectivity index (χ1) is 14.4. The number of H-pyrrole nitrogens is 1. The summed E-state index contributed by atoms with van der Waals surface area (Å²) in [7, 11) is 0. The number of aromatic amines is 1. The standard InChI is InChI=1S/C24H33N3O2S/c1-5-18(17-6-9-25-10-7-17)22-16(4)21-20(30-22)8-11-27(24(21)29)13-19-14(2)12-15(3)26-23(19)28/h12,17-18,25H,5-11,13H2,1-4H3,(H,26,28). The molecule has 4 rings (SSSR count). The number of nitrogens with one attached hydrogen (secondary N) is 2. The van der Waals surface area contributed by atoms with Crippen LogP contribution in [0.25, 0.3) is 0 Å². The quantitative estimate of drug-likeness (QED) is 0.756. The molecule has 1 amide bonds. The van der Waals surface area contributed by atoms with Crippen molar-refractivity contribution < 1.29 is 4.79 Å². The number of aromatic nitrogens is 1. The summed E-state index contributed by atoms with van der Waals surface area (Å²) in [6.07, 6.45) is 4.45. The fourth-order valence-electron chi connectivity index (χ4n) is 5.30. The van der Waals surface area contributed by atoms with Crippen LogP contribution in [0.2, 0.25) is 0 Å². The molecule has 2 aromatic rings. The predicted molar refractivity (Wildman–Crippen MR) is 123 cm³/mol. The number of thiophene rings is 1. The molecular weight excluding hydrogens is 394 g/mol. The Labute approximate surface area is 182 Å². The fraction of sp³-hybridized carbons (Fsp3) is 0.583. The molecule has 0 saturated carbocycles. The molecule has 2 aliphatic heterocycles. The molecule has 0 spiro atoms. The molecule has 0 bridgehead atoms. The number of rotatable bonds is 5. The molecule has 162 valence electrons. The van der Waals surface area contributed by atoms with Crippen LogP contribution in [-0.4, -0.2) is 35.4 Å². The zero-order valence-electron chi connectivity index (χ0n) is 18.6. The zero-order chi connectivity index (χ0) is 21.4. The van der Waals surface area contributed by atoms with Gasteiger partial charge in [-0.1, -0.05) is 6.92 Å². The maximum absolute atomic E-state index is 13.4. The molecule has 1 atom stereocenters. The highest BCUT2D eigenvalue weighted by Crippen LogP contribution is 2.43.